The van der Waals surface area contributed by atoms with E-state index in [1.54, 1.807) is 7.11 Å². The Morgan fingerprint density at radius 2 is 2.06 bits per heavy atom. The molecule has 1 aromatic rings. The number of carbonyl (C=O) groups excluding carboxylic acids is 1. The second-order valence-corrected chi connectivity index (χ2v) is 5.09. The van der Waals surface area contributed by atoms with Gasteiger partial charge in [-0.3, -0.25) is 4.79 Å². The van der Waals surface area contributed by atoms with Crippen LogP contribution in [0.1, 0.15) is 23.2 Å². The summed E-state index contributed by atoms with van der Waals surface area (Å²) in [6.45, 7) is 1.74. The lowest BCUT2D eigenvalue weighted by atomic mass is 10.2. The van der Waals surface area contributed by atoms with E-state index in [9.17, 15) is 4.79 Å². The van der Waals surface area contributed by atoms with Crippen LogP contribution >= 0.6 is 22.6 Å². The minimum atomic E-state index is 0.0887. The molecule has 1 aliphatic heterocycles. The standard InChI is InChI=1S/C12H14INO2/c1-16-11-8-9(13)4-5-10(11)12(15)14-6-2-3-7-14/h4-5,8H,2-3,6-7H2,1H3. The third-order valence-corrected chi connectivity index (χ3v) is 3.46. The fourth-order valence-electron chi connectivity index (χ4n) is 1.93. The van der Waals surface area contributed by atoms with Crippen molar-refractivity contribution in [3.8, 4) is 5.75 Å². The lowest BCUT2D eigenvalue weighted by molar-refractivity contribution is 0.0789. The maximum absolute atomic E-state index is 12.2. The molecule has 2 rings (SSSR count). The summed E-state index contributed by atoms with van der Waals surface area (Å²) >= 11 is 2.21. The number of rotatable bonds is 2. The number of halogens is 1. The first kappa shape index (κ1) is 11.7. The Labute approximate surface area is 109 Å². The number of amides is 1. The molecule has 0 saturated carbocycles. The Kier molecular flexibility index (Phi) is 3.68. The van der Waals surface area contributed by atoms with E-state index in [0.717, 1.165) is 29.5 Å². The highest BCUT2D eigenvalue weighted by atomic mass is 127. The maximum Gasteiger partial charge on any atom is 0.257 e. The van der Waals surface area contributed by atoms with Gasteiger partial charge in [0.15, 0.2) is 0 Å². The summed E-state index contributed by atoms with van der Waals surface area (Å²) in [5.74, 6) is 0.759. The van der Waals surface area contributed by atoms with E-state index in [0.29, 0.717) is 11.3 Å². The first-order chi connectivity index (χ1) is 7.72. The number of benzene rings is 1. The molecule has 0 aromatic heterocycles. The Bertz CT molecular complexity index is 400. The van der Waals surface area contributed by atoms with Gasteiger partial charge in [0, 0.05) is 16.7 Å². The molecule has 1 amide bonds. The number of methoxy groups -OCH3 is 1. The molecule has 4 heteroatoms. The van der Waals surface area contributed by atoms with Crippen LogP contribution in [0.25, 0.3) is 0 Å². The van der Waals surface area contributed by atoms with Gasteiger partial charge in [0.1, 0.15) is 5.75 Å². The van der Waals surface area contributed by atoms with Gasteiger partial charge in [-0.2, -0.15) is 0 Å². The topological polar surface area (TPSA) is 29.5 Å². The molecular weight excluding hydrogens is 317 g/mol. The maximum atomic E-state index is 12.2. The second-order valence-electron chi connectivity index (χ2n) is 3.84. The molecule has 1 saturated heterocycles. The molecule has 0 N–H and O–H groups in total. The minimum absolute atomic E-state index is 0.0887. The van der Waals surface area contributed by atoms with Crippen LogP contribution in [0.15, 0.2) is 18.2 Å². The van der Waals surface area contributed by atoms with Gasteiger partial charge in [0.25, 0.3) is 5.91 Å². The lowest BCUT2D eigenvalue weighted by Crippen LogP contribution is -2.27. The average molecular weight is 331 g/mol. The van der Waals surface area contributed by atoms with Crippen molar-refractivity contribution in [1.82, 2.24) is 4.90 Å². The SMILES string of the molecule is COc1cc(I)ccc1C(=O)N1CCCC1. The number of nitrogens with zero attached hydrogens (tertiary/aromatic N) is 1. The normalized spacial score (nSPS) is 15.2. The smallest absolute Gasteiger partial charge is 0.257 e. The summed E-state index contributed by atoms with van der Waals surface area (Å²) in [6.07, 6.45) is 2.22. The van der Waals surface area contributed by atoms with E-state index >= 15 is 0 Å². The minimum Gasteiger partial charge on any atom is -0.496 e. The van der Waals surface area contributed by atoms with Gasteiger partial charge >= 0.3 is 0 Å². The zero-order chi connectivity index (χ0) is 11.5. The van der Waals surface area contributed by atoms with Gasteiger partial charge in [-0.1, -0.05) is 0 Å². The number of carbonyl (C=O) groups is 1. The van der Waals surface area contributed by atoms with Crippen molar-refractivity contribution in [2.24, 2.45) is 0 Å². The molecule has 0 radical (unpaired) electrons. The van der Waals surface area contributed by atoms with Gasteiger partial charge in [0.2, 0.25) is 0 Å². The van der Waals surface area contributed by atoms with Crippen molar-refractivity contribution >= 4 is 28.5 Å². The summed E-state index contributed by atoms with van der Waals surface area (Å²) in [5.41, 5.74) is 0.671. The molecule has 16 heavy (non-hydrogen) atoms. The summed E-state index contributed by atoms with van der Waals surface area (Å²) in [4.78, 5) is 14.1. The molecule has 1 fully saturated rings. The fraction of sp³-hybridized carbons (Fsp3) is 0.417. The van der Waals surface area contributed by atoms with Crippen LogP contribution < -0.4 is 4.74 Å². The van der Waals surface area contributed by atoms with E-state index in [1.807, 2.05) is 23.1 Å². The van der Waals surface area contributed by atoms with Crippen LogP contribution in [0.2, 0.25) is 0 Å². The highest BCUT2D eigenvalue weighted by Crippen LogP contribution is 2.24. The van der Waals surface area contributed by atoms with E-state index in [2.05, 4.69) is 22.6 Å². The highest BCUT2D eigenvalue weighted by Gasteiger charge is 2.22. The molecule has 0 spiro atoms. The summed E-state index contributed by atoms with van der Waals surface area (Å²) in [6, 6.07) is 5.68. The zero-order valence-electron chi connectivity index (χ0n) is 9.20. The zero-order valence-corrected chi connectivity index (χ0v) is 11.4. The predicted octanol–water partition coefficient (Wildman–Crippen LogP) is 2.54. The first-order valence-electron chi connectivity index (χ1n) is 5.35. The largest absolute Gasteiger partial charge is 0.496 e. The van der Waals surface area contributed by atoms with E-state index in [1.165, 1.54) is 0 Å². The van der Waals surface area contributed by atoms with Crippen molar-refractivity contribution in [3.05, 3.63) is 27.3 Å². The molecule has 1 heterocycles. The van der Waals surface area contributed by atoms with Crippen molar-refractivity contribution in [2.45, 2.75) is 12.8 Å². The Morgan fingerprint density at radius 3 is 2.69 bits per heavy atom. The van der Waals surface area contributed by atoms with Gasteiger partial charge < -0.3 is 9.64 Å². The molecule has 0 aliphatic carbocycles. The second kappa shape index (κ2) is 5.03. The van der Waals surface area contributed by atoms with Crippen LogP contribution in [-0.2, 0) is 0 Å². The number of hydrogen-bond acceptors (Lipinski definition) is 2. The van der Waals surface area contributed by atoms with Gasteiger partial charge in [-0.15, -0.1) is 0 Å². The number of likely N-dealkylation sites (tertiary alicyclic amines) is 1. The van der Waals surface area contributed by atoms with Crippen LogP contribution in [0.4, 0.5) is 0 Å². The molecule has 86 valence electrons. The summed E-state index contributed by atoms with van der Waals surface area (Å²) < 4.78 is 6.33. The average Bonchev–Trinajstić information content (AvgIpc) is 2.81. The first-order valence-corrected chi connectivity index (χ1v) is 6.43. The van der Waals surface area contributed by atoms with Crippen molar-refractivity contribution < 1.29 is 9.53 Å². The number of hydrogen-bond donors (Lipinski definition) is 0. The molecule has 1 aliphatic rings. The van der Waals surface area contributed by atoms with Crippen molar-refractivity contribution in [2.75, 3.05) is 20.2 Å². The molecule has 1 aromatic carbocycles. The monoisotopic (exact) mass is 331 g/mol. The Hall–Kier alpha value is -0.780. The third-order valence-electron chi connectivity index (χ3n) is 2.79. The Morgan fingerprint density at radius 1 is 1.38 bits per heavy atom. The summed E-state index contributed by atoms with van der Waals surface area (Å²) in [5, 5.41) is 0. The molecule has 3 nitrogen and oxygen atoms in total. The van der Waals surface area contributed by atoms with Crippen LogP contribution in [0.3, 0.4) is 0 Å². The molecule has 0 bridgehead atoms. The van der Waals surface area contributed by atoms with Gasteiger partial charge in [-0.05, 0) is 53.6 Å². The van der Waals surface area contributed by atoms with Crippen molar-refractivity contribution in [1.29, 1.82) is 0 Å². The highest BCUT2D eigenvalue weighted by molar-refractivity contribution is 14.1. The molecular formula is C12H14INO2. The molecule has 0 atom stereocenters. The number of ether oxygens (including phenoxy) is 1. The van der Waals surface area contributed by atoms with E-state index in [-0.39, 0.29) is 5.91 Å². The predicted molar refractivity (Wildman–Crippen MR) is 70.8 cm³/mol. The van der Waals surface area contributed by atoms with Crippen LogP contribution in [0, 0.1) is 3.57 Å². The Balaban J connectivity index is 2.28. The lowest BCUT2D eigenvalue weighted by Gasteiger charge is -2.17. The quantitative estimate of drug-likeness (QED) is 0.780. The van der Waals surface area contributed by atoms with E-state index in [4.69, 9.17) is 4.74 Å². The summed E-state index contributed by atoms with van der Waals surface area (Å²) in [7, 11) is 1.60. The van der Waals surface area contributed by atoms with E-state index < -0.39 is 0 Å². The van der Waals surface area contributed by atoms with Gasteiger partial charge in [0.05, 0.1) is 12.7 Å². The fourth-order valence-corrected chi connectivity index (χ4v) is 2.39. The van der Waals surface area contributed by atoms with Crippen molar-refractivity contribution in [3.63, 3.8) is 0 Å². The van der Waals surface area contributed by atoms with Crippen LogP contribution in [0.5, 0.6) is 5.75 Å². The van der Waals surface area contributed by atoms with Gasteiger partial charge in [-0.25, -0.2) is 0 Å². The third kappa shape index (κ3) is 2.31. The van der Waals surface area contributed by atoms with Crippen LogP contribution in [-0.4, -0.2) is 31.0 Å². The molecule has 0 unspecified atom stereocenters.